The molecule has 9 heteroatoms. The monoisotopic (exact) mass is 344 g/mol. The zero-order valence-corrected chi connectivity index (χ0v) is 12.5. The molecule has 0 spiro atoms. The fraction of sp³-hybridized carbons (Fsp3) is 0.154. The second kappa shape index (κ2) is 6.35. The maximum atomic E-state index is 12.0. The molecule has 0 radical (unpaired) electrons. The molecule has 0 aromatic heterocycles. The van der Waals surface area contributed by atoms with Crippen LogP contribution in [0.3, 0.4) is 0 Å². The molecule has 1 aromatic carbocycles. The van der Waals surface area contributed by atoms with Crippen LogP contribution in [0.5, 0.6) is 0 Å². The molecular weight excluding hydrogens is 335 g/mol. The molecule has 0 atom stereocenters. The van der Waals surface area contributed by atoms with Gasteiger partial charge in [0.1, 0.15) is 5.70 Å². The third-order valence-corrected chi connectivity index (χ3v) is 3.61. The van der Waals surface area contributed by atoms with Gasteiger partial charge in [0.15, 0.2) is 0 Å². The number of benzene rings is 1. The first kappa shape index (κ1) is 16.3. The molecule has 0 unspecified atom stereocenters. The maximum absolute atomic E-state index is 12.0. The van der Waals surface area contributed by atoms with Gasteiger partial charge in [0.05, 0.1) is 34.4 Å². The Morgan fingerprint density at radius 1 is 1.27 bits per heavy atom. The molecule has 2 rings (SSSR count). The van der Waals surface area contributed by atoms with Crippen LogP contribution in [0.1, 0.15) is 10.4 Å². The molecule has 0 bridgehead atoms. The van der Waals surface area contributed by atoms with Crippen molar-refractivity contribution in [2.24, 2.45) is 0 Å². The standard InChI is InChI=1S/C13H10Cl2N2O5/c14-6-1-2-7(11(15)10(6)13(21)22)16-8-5-9(19)17(3-4-18)12(8)20/h1-2,5,16,18H,3-4H2,(H,21,22). The predicted octanol–water partition coefficient (Wildman–Crippen LogP) is 1.35. The Balaban J connectivity index is 2.31. The van der Waals surface area contributed by atoms with Crippen LogP contribution in [-0.4, -0.2) is 46.0 Å². The van der Waals surface area contributed by atoms with Gasteiger partial charge in [0.25, 0.3) is 11.8 Å². The number of rotatable bonds is 5. The van der Waals surface area contributed by atoms with E-state index in [9.17, 15) is 14.4 Å². The summed E-state index contributed by atoms with van der Waals surface area (Å²) in [6.45, 7) is -0.489. The van der Waals surface area contributed by atoms with Crippen LogP contribution in [0.2, 0.25) is 10.0 Å². The van der Waals surface area contributed by atoms with E-state index in [0.29, 0.717) is 0 Å². The molecule has 1 aliphatic heterocycles. The fourth-order valence-electron chi connectivity index (χ4n) is 1.90. The van der Waals surface area contributed by atoms with Crippen LogP contribution in [0.15, 0.2) is 23.9 Å². The van der Waals surface area contributed by atoms with E-state index in [1.807, 2.05) is 0 Å². The van der Waals surface area contributed by atoms with Crippen molar-refractivity contribution in [2.75, 3.05) is 18.5 Å². The number of aliphatic hydroxyl groups excluding tert-OH is 1. The normalized spacial score (nSPS) is 14.3. The largest absolute Gasteiger partial charge is 0.478 e. The zero-order chi connectivity index (χ0) is 16.4. The van der Waals surface area contributed by atoms with Crippen molar-refractivity contribution in [1.82, 2.24) is 4.90 Å². The van der Waals surface area contributed by atoms with Crippen molar-refractivity contribution in [2.45, 2.75) is 0 Å². The number of carboxylic acid groups (broad SMARTS) is 1. The Bertz CT molecular complexity index is 702. The van der Waals surface area contributed by atoms with Crippen molar-refractivity contribution in [1.29, 1.82) is 0 Å². The summed E-state index contributed by atoms with van der Waals surface area (Å²) in [5, 5.41) is 20.3. The van der Waals surface area contributed by atoms with E-state index in [4.69, 9.17) is 33.4 Å². The lowest BCUT2D eigenvalue weighted by Gasteiger charge is -2.14. The average Bonchev–Trinajstić information content (AvgIpc) is 2.70. The van der Waals surface area contributed by atoms with Crippen LogP contribution in [-0.2, 0) is 9.59 Å². The Labute approximate surface area is 134 Å². The quantitative estimate of drug-likeness (QED) is 0.696. The molecule has 0 aliphatic carbocycles. The molecule has 22 heavy (non-hydrogen) atoms. The second-order valence-corrected chi connectivity index (χ2v) is 5.08. The highest BCUT2D eigenvalue weighted by Gasteiger charge is 2.31. The number of hydrogen-bond donors (Lipinski definition) is 3. The van der Waals surface area contributed by atoms with Gasteiger partial charge in [-0.25, -0.2) is 4.79 Å². The number of imide groups is 1. The predicted molar refractivity (Wildman–Crippen MR) is 78.9 cm³/mol. The number of anilines is 1. The topological polar surface area (TPSA) is 107 Å². The summed E-state index contributed by atoms with van der Waals surface area (Å²) in [6.07, 6.45) is 1.05. The zero-order valence-electron chi connectivity index (χ0n) is 11.0. The number of carboxylic acids is 1. The van der Waals surface area contributed by atoms with E-state index in [2.05, 4.69) is 5.32 Å². The minimum absolute atomic E-state index is 0.0484. The van der Waals surface area contributed by atoms with Crippen LogP contribution >= 0.6 is 23.2 Å². The molecule has 2 amide bonds. The highest BCUT2D eigenvalue weighted by molar-refractivity contribution is 6.41. The average molecular weight is 345 g/mol. The molecule has 3 N–H and O–H groups in total. The summed E-state index contributed by atoms with van der Waals surface area (Å²) in [7, 11) is 0. The number of aromatic carboxylic acids is 1. The van der Waals surface area contributed by atoms with Crippen molar-refractivity contribution < 1.29 is 24.6 Å². The van der Waals surface area contributed by atoms with Crippen molar-refractivity contribution in [3.05, 3.63) is 39.5 Å². The first-order chi connectivity index (χ1) is 10.4. The fourth-order valence-corrected chi connectivity index (χ4v) is 2.48. The highest BCUT2D eigenvalue weighted by atomic mass is 35.5. The lowest BCUT2D eigenvalue weighted by atomic mass is 10.2. The number of nitrogens with one attached hydrogen (secondary N) is 1. The van der Waals surface area contributed by atoms with E-state index in [1.54, 1.807) is 0 Å². The molecule has 0 saturated heterocycles. The molecule has 0 fully saturated rings. The molecular formula is C13H10Cl2N2O5. The van der Waals surface area contributed by atoms with Gasteiger partial charge in [-0.1, -0.05) is 23.2 Å². The number of carbonyl (C=O) groups is 3. The van der Waals surface area contributed by atoms with Crippen LogP contribution in [0.4, 0.5) is 5.69 Å². The molecule has 1 aliphatic rings. The lowest BCUT2D eigenvalue weighted by molar-refractivity contribution is -0.137. The number of hydrogen-bond acceptors (Lipinski definition) is 5. The van der Waals surface area contributed by atoms with Gasteiger partial charge < -0.3 is 15.5 Å². The van der Waals surface area contributed by atoms with Gasteiger partial charge in [-0.15, -0.1) is 0 Å². The third-order valence-electron chi connectivity index (χ3n) is 2.91. The van der Waals surface area contributed by atoms with E-state index in [-0.39, 0.29) is 40.1 Å². The maximum Gasteiger partial charge on any atom is 0.338 e. The van der Waals surface area contributed by atoms with E-state index in [1.165, 1.54) is 12.1 Å². The van der Waals surface area contributed by atoms with Gasteiger partial charge in [0, 0.05) is 6.08 Å². The van der Waals surface area contributed by atoms with Crippen LogP contribution < -0.4 is 5.32 Å². The number of amides is 2. The SMILES string of the molecule is O=C(O)c1c(Cl)ccc(NC2=CC(=O)N(CCO)C2=O)c1Cl. The smallest absolute Gasteiger partial charge is 0.338 e. The number of β-amino-alcohol motifs (C(OH)–C–C–N with tert-alkyl or cyclic N) is 1. The second-order valence-electron chi connectivity index (χ2n) is 4.29. The first-order valence-corrected chi connectivity index (χ1v) is 6.79. The van der Waals surface area contributed by atoms with Gasteiger partial charge >= 0.3 is 5.97 Å². The van der Waals surface area contributed by atoms with Crippen LogP contribution in [0.25, 0.3) is 0 Å². The molecule has 116 valence electrons. The summed E-state index contributed by atoms with van der Waals surface area (Å²) >= 11 is 11.7. The van der Waals surface area contributed by atoms with E-state index >= 15 is 0 Å². The first-order valence-electron chi connectivity index (χ1n) is 6.03. The summed E-state index contributed by atoms with van der Waals surface area (Å²) in [5.74, 6) is -2.53. The number of aliphatic hydroxyl groups is 1. The Hall–Kier alpha value is -2.09. The third kappa shape index (κ3) is 2.92. The summed E-state index contributed by atoms with van der Waals surface area (Å²) in [4.78, 5) is 35.6. The molecule has 0 saturated carbocycles. The van der Waals surface area contributed by atoms with E-state index < -0.39 is 17.8 Å². The number of nitrogens with zero attached hydrogens (tertiary/aromatic N) is 1. The van der Waals surface area contributed by atoms with Crippen molar-refractivity contribution >= 4 is 46.7 Å². The van der Waals surface area contributed by atoms with Gasteiger partial charge in [0.2, 0.25) is 0 Å². The van der Waals surface area contributed by atoms with Gasteiger partial charge in [-0.3, -0.25) is 14.5 Å². The molecule has 7 nitrogen and oxygen atoms in total. The summed E-state index contributed by atoms with van der Waals surface area (Å²) in [5.41, 5.74) is -0.251. The summed E-state index contributed by atoms with van der Waals surface area (Å²) < 4.78 is 0. The summed E-state index contributed by atoms with van der Waals surface area (Å²) in [6, 6.07) is 2.71. The highest BCUT2D eigenvalue weighted by Crippen LogP contribution is 2.33. The number of carbonyl (C=O) groups excluding carboxylic acids is 2. The van der Waals surface area contributed by atoms with Crippen molar-refractivity contribution in [3.8, 4) is 0 Å². The Morgan fingerprint density at radius 3 is 2.55 bits per heavy atom. The molecule has 1 heterocycles. The van der Waals surface area contributed by atoms with E-state index in [0.717, 1.165) is 11.0 Å². The lowest BCUT2D eigenvalue weighted by Crippen LogP contribution is -2.34. The minimum Gasteiger partial charge on any atom is -0.478 e. The molecule has 1 aromatic rings. The van der Waals surface area contributed by atoms with Crippen molar-refractivity contribution in [3.63, 3.8) is 0 Å². The Morgan fingerprint density at radius 2 is 1.95 bits per heavy atom. The minimum atomic E-state index is -1.32. The number of halogens is 2. The Kier molecular flexibility index (Phi) is 4.70. The van der Waals surface area contributed by atoms with Gasteiger partial charge in [-0.05, 0) is 12.1 Å². The van der Waals surface area contributed by atoms with Gasteiger partial charge in [-0.2, -0.15) is 0 Å². The van der Waals surface area contributed by atoms with Crippen LogP contribution in [0, 0.1) is 0 Å².